The molecule has 10 nitrogen and oxygen atoms in total. The number of nitrogens with zero attached hydrogens (tertiary/aromatic N) is 1. The van der Waals surface area contributed by atoms with E-state index in [4.69, 9.17) is 14.2 Å². The average molecular weight is 658 g/mol. The third-order valence-corrected chi connectivity index (χ3v) is 8.74. The van der Waals surface area contributed by atoms with Crippen LogP contribution in [0.1, 0.15) is 63.1 Å². The summed E-state index contributed by atoms with van der Waals surface area (Å²) in [5, 5.41) is 17.7. The van der Waals surface area contributed by atoms with E-state index >= 15 is 0 Å². The van der Waals surface area contributed by atoms with Crippen molar-refractivity contribution in [1.29, 1.82) is 0 Å². The van der Waals surface area contributed by atoms with E-state index in [0.717, 1.165) is 32.5 Å². The Morgan fingerprint density at radius 3 is 2.12 bits per heavy atom. The van der Waals surface area contributed by atoms with Crippen molar-refractivity contribution in [3.05, 3.63) is 102 Å². The minimum atomic E-state index is -2.07. The Morgan fingerprint density at radius 1 is 0.833 bits per heavy atom. The summed E-state index contributed by atoms with van der Waals surface area (Å²) in [7, 11) is 0. The molecule has 3 aromatic rings. The van der Waals surface area contributed by atoms with Crippen molar-refractivity contribution in [3.8, 4) is 5.75 Å². The van der Waals surface area contributed by atoms with Crippen molar-refractivity contribution >= 4 is 18.0 Å². The van der Waals surface area contributed by atoms with Gasteiger partial charge in [0.1, 0.15) is 11.4 Å². The average Bonchev–Trinajstić information content (AvgIpc) is 3.05. The van der Waals surface area contributed by atoms with Crippen molar-refractivity contribution in [1.82, 2.24) is 15.5 Å². The van der Waals surface area contributed by atoms with Crippen molar-refractivity contribution < 1.29 is 33.7 Å². The molecule has 0 bridgehead atoms. The Kier molecular flexibility index (Phi) is 11.4. The number of hydrogen-bond acceptors (Lipinski definition) is 8. The smallest absolute Gasteiger partial charge is 0.407 e. The summed E-state index contributed by atoms with van der Waals surface area (Å²) < 4.78 is 16.9. The minimum Gasteiger partial charge on any atom is -0.484 e. The summed E-state index contributed by atoms with van der Waals surface area (Å²) in [5.41, 5.74) is -0.706. The van der Waals surface area contributed by atoms with E-state index in [1.54, 1.807) is 69.3 Å². The zero-order valence-corrected chi connectivity index (χ0v) is 28.0. The minimum absolute atomic E-state index is 0.0642. The molecule has 48 heavy (non-hydrogen) atoms. The summed E-state index contributed by atoms with van der Waals surface area (Å²) in [6.45, 7) is 8.11. The molecule has 3 aromatic carbocycles. The van der Waals surface area contributed by atoms with Gasteiger partial charge in [0.05, 0.1) is 6.61 Å². The van der Waals surface area contributed by atoms with Gasteiger partial charge in [-0.05, 0) is 88.7 Å². The molecule has 256 valence electrons. The van der Waals surface area contributed by atoms with Gasteiger partial charge in [-0.3, -0.25) is 9.69 Å². The van der Waals surface area contributed by atoms with Gasteiger partial charge < -0.3 is 30.0 Å². The first-order valence-corrected chi connectivity index (χ1v) is 16.7. The molecule has 2 fully saturated rings. The third-order valence-electron chi connectivity index (χ3n) is 8.74. The van der Waals surface area contributed by atoms with Crippen LogP contribution in [0.25, 0.3) is 0 Å². The van der Waals surface area contributed by atoms with Gasteiger partial charge in [0.25, 0.3) is 5.91 Å². The first kappa shape index (κ1) is 34.9. The Balaban J connectivity index is 1.13. The fourth-order valence-electron chi connectivity index (χ4n) is 6.09. The maximum atomic E-state index is 13.7. The van der Waals surface area contributed by atoms with Crippen LogP contribution in [0.3, 0.4) is 0 Å². The number of piperidine rings is 1. The van der Waals surface area contributed by atoms with Crippen LogP contribution in [0.4, 0.5) is 4.79 Å². The predicted octanol–water partition coefficient (Wildman–Crippen LogP) is 4.93. The molecule has 1 aliphatic heterocycles. The highest BCUT2D eigenvalue weighted by Gasteiger charge is 2.42. The molecule has 3 N–H and O–H groups in total. The van der Waals surface area contributed by atoms with Gasteiger partial charge in [-0.2, -0.15) is 0 Å². The summed E-state index contributed by atoms with van der Waals surface area (Å²) in [4.78, 5) is 40.7. The fourth-order valence-corrected chi connectivity index (χ4v) is 6.09. The number of likely N-dealkylation sites (tertiary alicyclic amines) is 1. The van der Waals surface area contributed by atoms with Crippen LogP contribution in [0.2, 0.25) is 0 Å². The van der Waals surface area contributed by atoms with Gasteiger partial charge in [-0.1, -0.05) is 72.8 Å². The van der Waals surface area contributed by atoms with Crippen LogP contribution in [0, 0.1) is 5.92 Å². The number of alkyl carbamates (subject to hydrolysis) is 1. The Bertz CT molecular complexity index is 1510. The van der Waals surface area contributed by atoms with Gasteiger partial charge in [0.15, 0.2) is 6.61 Å². The number of carbonyl (C=O) groups excluding carboxylic acids is 3. The van der Waals surface area contributed by atoms with Crippen molar-refractivity contribution in [2.75, 3.05) is 26.3 Å². The van der Waals surface area contributed by atoms with E-state index in [1.807, 2.05) is 12.1 Å². The Hall–Kier alpha value is -4.41. The van der Waals surface area contributed by atoms with Crippen molar-refractivity contribution in [3.63, 3.8) is 0 Å². The number of amides is 2. The van der Waals surface area contributed by atoms with Crippen LogP contribution in [-0.2, 0) is 31.2 Å². The number of benzene rings is 3. The molecular weight excluding hydrogens is 610 g/mol. The second-order valence-electron chi connectivity index (χ2n) is 13.8. The molecule has 1 saturated carbocycles. The molecule has 0 aromatic heterocycles. The highest BCUT2D eigenvalue weighted by molar-refractivity contribution is 5.85. The fraction of sp³-hybridized carbons (Fsp3) is 0.447. The number of rotatable bonds is 12. The zero-order chi connectivity index (χ0) is 34.1. The number of esters is 1. The van der Waals surface area contributed by atoms with E-state index in [0.29, 0.717) is 24.2 Å². The lowest BCUT2D eigenvalue weighted by Crippen LogP contribution is -2.55. The summed E-state index contributed by atoms with van der Waals surface area (Å²) in [5.74, 6) is -0.537. The van der Waals surface area contributed by atoms with Gasteiger partial charge in [0, 0.05) is 24.2 Å². The zero-order valence-electron chi connectivity index (χ0n) is 28.0. The lowest BCUT2D eigenvalue weighted by Gasteiger charge is -2.36. The van der Waals surface area contributed by atoms with Crippen molar-refractivity contribution in [2.45, 2.75) is 76.3 Å². The number of hydrogen-bond donors (Lipinski definition) is 3. The Morgan fingerprint density at radius 2 is 1.46 bits per heavy atom. The lowest BCUT2D eigenvalue weighted by atomic mass is 9.86. The summed E-state index contributed by atoms with van der Waals surface area (Å²) in [6.07, 6.45) is 2.52. The van der Waals surface area contributed by atoms with Crippen molar-refractivity contribution in [2.24, 2.45) is 5.92 Å². The molecule has 10 heteroatoms. The number of carbonyl (C=O) groups is 3. The van der Waals surface area contributed by atoms with Gasteiger partial charge >= 0.3 is 12.1 Å². The van der Waals surface area contributed by atoms with E-state index in [1.165, 1.54) is 5.56 Å². The molecule has 1 heterocycles. The monoisotopic (exact) mass is 657 g/mol. The maximum Gasteiger partial charge on any atom is 0.407 e. The summed E-state index contributed by atoms with van der Waals surface area (Å²) in [6, 6.07) is 25.5. The predicted molar refractivity (Wildman–Crippen MR) is 181 cm³/mol. The molecule has 1 saturated heterocycles. The molecule has 0 spiro atoms. The largest absolute Gasteiger partial charge is 0.484 e. The first-order chi connectivity index (χ1) is 23.0. The molecule has 2 amide bonds. The second kappa shape index (κ2) is 15.7. The maximum absolute atomic E-state index is 13.7. The van der Waals surface area contributed by atoms with E-state index in [-0.39, 0.29) is 42.7 Å². The van der Waals surface area contributed by atoms with Gasteiger partial charge in [-0.25, -0.2) is 9.59 Å². The number of ether oxygens (including phenoxy) is 3. The topological polar surface area (TPSA) is 126 Å². The quantitative estimate of drug-likeness (QED) is 0.234. The van der Waals surface area contributed by atoms with Crippen LogP contribution in [0.5, 0.6) is 5.75 Å². The molecule has 1 aliphatic carbocycles. The van der Waals surface area contributed by atoms with Gasteiger partial charge in [0.2, 0.25) is 5.60 Å². The number of nitrogens with one attached hydrogen (secondary N) is 2. The molecular formula is C38H47N3O7. The van der Waals surface area contributed by atoms with E-state index < -0.39 is 23.3 Å². The van der Waals surface area contributed by atoms with Crippen LogP contribution < -0.4 is 15.4 Å². The summed E-state index contributed by atoms with van der Waals surface area (Å²) >= 11 is 0. The highest BCUT2D eigenvalue weighted by atomic mass is 16.6. The molecule has 0 radical (unpaired) electrons. The highest BCUT2D eigenvalue weighted by Crippen LogP contribution is 2.34. The first-order valence-electron chi connectivity index (χ1n) is 16.7. The van der Waals surface area contributed by atoms with Crippen LogP contribution in [0.15, 0.2) is 84.9 Å². The second-order valence-corrected chi connectivity index (χ2v) is 13.8. The number of aliphatic hydroxyl groups is 1. The van der Waals surface area contributed by atoms with E-state index in [9.17, 15) is 19.5 Å². The van der Waals surface area contributed by atoms with Crippen LogP contribution in [-0.4, -0.2) is 72.0 Å². The van der Waals surface area contributed by atoms with Crippen LogP contribution >= 0.6 is 0 Å². The lowest BCUT2D eigenvalue weighted by molar-refractivity contribution is -0.164. The molecule has 1 atom stereocenters. The van der Waals surface area contributed by atoms with E-state index in [2.05, 4.69) is 39.8 Å². The normalized spacial score (nSPS) is 19.7. The molecule has 5 rings (SSSR count). The third kappa shape index (κ3) is 9.58. The standard InChI is InChI=1S/C38H47N3O7/c1-37(2,3)48-36(44)40-32-22-31(23-32)39-34(42)26-46-33-16-10-15-30(21-33)38(45,29-13-8-5-9-14-29)35(43)47-25-28-17-19-41(20-18-28)24-27-11-6-4-7-12-27/h4-16,21,28,31-32,45H,17-20,22-26H2,1-3H3,(H,39,42)(H,40,44)/t31?,32?,38-/m0/s1. The SMILES string of the molecule is CC(C)(C)OC(=O)NC1CC(NC(=O)COc2cccc([C@](O)(C(=O)OCC3CCN(Cc4ccccc4)CC3)c3ccccc3)c2)C1. The van der Waals surface area contributed by atoms with Gasteiger partial charge in [-0.15, -0.1) is 0 Å². The Labute approximate surface area is 282 Å². The molecule has 0 unspecified atom stereocenters. The molecule has 2 aliphatic rings.